The van der Waals surface area contributed by atoms with Crippen LogP contribution < -0.4 is 0 Å². The van der Waals surface area contributed by atoms with Gasteiger partial charge in [0.2, 0.25) is 0 Å². The van der Waals surface area contributed by atoms with Crippen molar-refractivity contribution < 1.29 is 4.79 Å². The number of imidazole rings is 1. The Balaban J connectivity index is 1.36. The third kappa shape index (κ3) is 4.54. The molecule has 0 aliphatic carbocycles. The van der Waals surface area contributed by atoms with Crippen LogP contribution in [0.25, 0.3) is 5.65 Å². The standard InChI is InChI=1S/C28H30N4O/c1-19-10-12-31-18-26(30-27(31)13-19)28(33)32-11-6-9-24(17-32)25-16-22(14-21(3)29-25)15-23-8-5-4-7-20(23)2/h4-5,7-8,10,12-14,16,18,24H,6,9,11,15,17H2,1-3H3/t24-/m1/s1. The SMILES string of the molecule is Cc1ccn2cc(C(=O)N3CCC[C@@H](c4cc(Cc5ccccc5C)cc(C)n4)C3)nc2c1. The van der Waals surface area contributed by atoms with E-state index in [9.17, 15) is 4.79 Å². The number of aromatic nitrogens is 3. The van der Waals surface area contributed by atoms with E-state index in [1.165, 1.54) is 16.7 Å². The van der Waals surface area contributed by atoms with Gasteiger partial charge in [-0.2, -0.15) is 0 Å². The van der Waals surface area contributed by atoms with Crippen molar-refractivity contribution in [3.05, 3.63) is 100 Å². The van der Waals surface area contributed by atoms with E-state index in [0.717, 1.165) is 48.4 Å². The Morgan fingerprint density at radius 3 is 2.76 bits per heavy atom. The monoisotopic (exact) mass is 438 g/mol. The molecule has 4 heterocycles. The Morgan fingerprint density at radius 2 is 1.91 bits per heavy atom. The fraction of sp³-hybridized carbons (Fsp3) is 0.321. The van der Waals surface area contributed by atoms with Crippen LogP contribution in [0.15, 0.2) is 60.9 Å². The van der Waals surface area contributed by atoms with E-state index in [1.807, 2.05) is 40.8 Å². The lowest BCUT2D eigenvalue weighted by atomic mass is 9.91. The Labute approximate surface area is 195 Å². The number of pyridine rings is 2. The number of carbonyl (C=O) groups excluding carboxylic acids is 1. The minimum absolute atomic E-state index is 0.00819. The second kappa shape index (κ2) is 8.81. The molecule has 3 aromatic heterocycles. The van der Waals surface area contributed by atoms with Gasteiger partial charge in [-0.15, -0.1) is 0 Å². The molecule has 0 bridgehead atoms. The van der Waals surface area contributed by atoms with Gasteiger partial charge >= 0.3 is 0 Å². The summed E-state index contributed by atoms with van der Waals surface area (Å²) >= 11 is 0. The van der Waals surface area contributed by atoms with Crippen molar-refractivity contribution in [2.24, 2.45) is 0 Å². The molecule has 1 saturated heterocycles. The summed E-state index contributed by atoms with van der Waals surface area (Å²) in [6.07, 6.45) is 6.73. The summed E-state index contributed by atoms with van der Waals surface area (Å²) < 4.78 is 1.92. The van der Waals surface area contributed by atoms with E-state index in [-0.39, 0.29) is 11.8 Å². The van der Waals surface area contributed by atoms with Gasteiger partial charge in [0, 0.05) is 42.8 Å². The number of benzene rings is 1. The van der Waals surface area contributed by atoms with Crippen LogP contribution in [-0.4, -0.2) is 38.3 Å². The van der Waals surface area contributed by atoms with Crippen LogP contribution in [0.2, 0.25) is 0 Å². The molecule has 1 aromatic carbocycles. The Hall–Kier alpha value is -3.47. The molecule has 1 amide bonds. The molecule has 1 fully saturated rings. The Morgan fingerprint density at radius 1 is 1.06 bits per heavy atom. The second-order valence-corrected chi connectivity index (χ2v) is 9.33. The number of hydrogen-bond acceptors (Lipinski definition) is 3. The molecule has 1 aliphatic heterocycles. The highest BCUT2D eigenvalue weighted by Gasteiger charge is 2.28. The topological polar surface area (TPSA) is 50.5 Å². The summed E-state index contributed by atoms with van der Waals surface area (Å²) in [7, 11) is 0. The molecule has 0 N–H and O–H groups in total. The first-order valence-corrected chi connectivity index (χ1v) is 11.7. The van der Waals surface area contributed by atoms with Gasteiger partial charge in [-0.1, -0.05) is 24.3 Å². The average Bonchev–Trinajstić information content (AvgIpc) is 3.23. The highest BCUT2D eigenvalue weighted by atomic mass is 16.2. The van der Waals surface area contributed by atoms with Gasteiger partial charge in [0.15, 0.2) is 0 Å². The molecule has 168 valence electrons. The summed E-state index contributed by atoms with van der Waals surface area (Å²) in [5.41, 5.74) is 8.54. The maximum absolute atomic E-state index is 13.3. The third-order valence-electron chi connectivity index (χ3n) is 6.65. The lowest BCUT2D eigenvalue weighted by Gasteiger charge is -2.32. The molecule has 5 heteroatoms. The van der Waals surface area contributed by atoms with Gasteiger partial charge in [0.05, 0.1) is 0 Å². The van der Waals surface area contributed by atoms with Crippen LogP contribution in [0.1, 0.15) is 62.9 Å². The Kier molecular flexibility index (Phi) is 5.71. The molecule has 1 atom stereocenters. The predicted octanol–water partition coefficient (Wildman–Crippen LogP) is 5.27. The summed E-state index contributed by atoms with van der Waals surface area (Å²) in [4.78, 5) is 24.7. The molecule has 1 aliphatic rings. The van der Waals surface area contributed by atoms with Crippen molar-refractivity contribution in [1.82, 2.24) is 19.3 Å². The minimum Gasteiger partial charge on any atom is -0.337 e. The maximum Gasteiger partial charge on any atom is 0.274 e. The van der Waals surface area contributed by atoms with E-state index in [1.54, 1.807) is 0 Å². The first-order chi connectivity index (χ1) is 16.0. The van der Waals surface area contributed by atoms with E-state index >= 15 is 0 Å². The van der Waals surface area contributed by atoms with E-state index in [4.69, 9.17) is 4.98 Å². The molecule has 0 unspecified atom stereocenters. The van der Waals surface area contributed by atoms with Crippen molar-refractivity contribution >= 4 is 11.6 Å². The predicted molar refractivity (Wildman–Crippen MR) is 131 cm³/mol. The average molecular weight is 439 g/mol. The van der Waals surface area contributed by atoms with Gasteiger partial charge in [-0.25, -0.2) is 4.98 Å². The second-order valence-electron chi connectivity index (χ2n) is 9.33. The summed E-state index contributed by atoms with van der Waals surface area (Å²) in [5, 5.41) is 0. The molecule has 4 aromatic rings. The number of fused-ring (bicyclic) bond motifs is 1. The van der Waals surface area contributed by atoms with Crippen LogP contribution in [0.4, 0.5) is 0 Å². The van der Waals surface area contributed by atoms with Crippen molar-refractivity contribution in [2.75, 3.05) is 13.1 Å². The zero-order valence-electron chi connectivity index (χ0n) is 19.6. The lowest BCUT2D eigenvalue weighted by Crippen LogP contribution is -2.39. The van der Waals surface area contributed by atoms with Crippen LogP contribution in [0, 0.1) is 20.8 Å². The Bertz CT molecular complexity index is 1320. The molecule has 5 rings (SSSR count). The van der Waals surface area contributed by atoms with Gasteiger partial charge in [-0.05, 0) is 86.6 Å². The van der Waals surface area contributed by atoms with Gasteiger partial charge in [0.25, 0.3) is 5.91 Å². The molecule has 0 saturated carbocycles. The number of aryl methyl sites for hydroxylation is 3. The van der Waals surface area contributed by atoms with Crippen molar-refractivity contribution in [3.8, 4) is 0 Å². The number of piperidine rings is 1. The number of rotatable bonds is 4. The minimum atomic E-state index is 0.00819. The van der Waals surface area contributed by atoms with E-state index < -0.39 is 0 Å². The number of likely N-dealkylation sites (tertiary alicyclic amines) is 1. The number of nitrogens with zero attached hydrogens (tertiary/aromatic N) is 4. The van der Waals surface area contributed by atoms with Crippen LogP contribution in [0.5, 0.6) is 0 Å². The van der Waals surface area contributed by atoms with Crippen LogP contribution >= 0.6 is 0 Å². The third-order valence-corrected chi connectivity index (χ3v) is 6.65. The molecule has 33 heavy (non-hydrogen) atoms. The first-order valence-electron chi connectivity index (χ1n) is 11.7. The van der Waals surface area contributed by atoms with Gasteiger partial charge in [0.1, 0.15) is 11.3 Å². The molecule has 0 spiro atoms. The van der Waals surface area contributed by atoms with Gasteiger partial charge in [-0.3, -0.25) is 9.78 Å². The lowest BCUT2D eigenvalue weighted by molar-refractivity contribution is 0.0700. The fourth-order valence-corrected chi connectivity index (χ4v) is 4.86. The molecule has 0 radical (unpaired) electrons. The van der Waals surface area contributed by atoms with Crippen LogP contribution in [-0.2, 0) is 6.42 Å². The zero-order chi connectivity index (χ0) is 22.9. The van der Waals surface area contributed by atoms with Crippen molar-refractivity contribution in [2.45, 2.75) is 46.0 Å². The number of amides is 1. The van der Waals surface area contributed by atoms with Crippen LogP contribution in [0.3, 0.4) is 0 Å². The smallest absolute Gasteiger partial charge is 0.274 e. The summed E-state index contributed by atoms with van der Waals surface area (Å²) in [6.45, 7) is 7.72. The largest absolute Gasteiger partial charge is 0.337 e. The molecular formula is C28H30N4O. The fourth-order valence-electron chi connectivity index (χ4n) is 4.86. The van der Waals surface area contributed by atoms with Gasteiger partial charge < -0.3 is 9.30 Å². The molecular weight excluding hydrogens is 408 g/mol. The number of hydrogen-bond donors (Lipinski definition) is 0. The van der Waals surface area contributed by atoms with E-state index in [0.29, 0.717) is 12.2 Å². The number of carbonyl (C=O) groups is 1. The molecule has 5 nitrogen and oxygen atoms in total. The summed E-state index contributed by atoms with van der Waals surface area (Å²) in [5.74, 6) is 0.256. The van der Waals surface area contributed by atoms with Crippen molar-refractivity contribution in [3.63, 3.8) is 0 Å². The summed E-state index contributed by atoms with van der Waals surface area (Å²) in [6, 6.07) is 17.0. The maximum atomic E-state index is 13.3. The van der Waals surface area contributed by atoms with E-state index in [2.05, 4.69) is 55.2 Å². The normalized spacial score (nSPS) is 16.3. The zero-order valence-corrected chi connectivity index (χ0v) is 19.6. The highest BCUT2D eigenvalue weighted by molar-refractivity contribution is 5.93. The highest BCUT2D eigenvalue weighted by Crippen LogP contribution is 2.28. The van der Waals surface area contributed by atoms with Crippen molar-refractivity contribution in [1.29, 1.82) is 0 Å². The first kappa shape index (κ1) is 21.4. The quantitative estimate of drug-likeness (QED) is 0.436.